The molecule has 0 radical (unpaired) electrons. The van der Waals surface area contributed by atoms with Gasteiger partial charge in [0.05, 0.1) is 5.41 Å². The lowest BCUT2D eigenvalue weighted by molar-refractivity contribution is -0.128. The van der Waals surface area contributed by atoms with Crippen molar-refractivity contribution >= 4 is 11.8 Å². The highest BCUT2D eigenvalue weighted by Gasteiger charge is 2.48. The van der Waals surface area contributed by atoms with E-state index in [1.807, 2.05) is 0 Å². The summed E-state index contributed by atoms with van der Waals surface area (Å²) in [7, 11) is 0. The Kier molecular flexibility index (Phi) is 1.26. The van der Waals surface area contributed by atoms with Crippen LogP contribution in [-0.2, 0) is 9.59 Å². The number of carbonyl (C=O) groups is 2. The fourth-order valence-electron chi connectivity index (χ4n) is 1.78. The Morgan fingerprint density at radius 3 is 2.64 bits per heavy atom. The predicted octanol–water partition coefficient (Wildman–Crippen LogP) is -0.987. The number of rotatable bonds is 0. The summed E-state index contributed by atoms with van der Waals surface area (Å²) < 4.78 is 0. The van der Waals surface area contributed by atoms with Gasteiger partial charge in [0, 0.05) is 13.0 Å². The van der Waals surface area contributed by atoms with E-state index in [9.17, 15) is 9.59 Å². The van der Waals surface area contributed by atoms with Crippen LogP contribution in [-0.4, -0.2) is 24.9 Å². The molecular weight excluding hydrogens is 144 g/mol. The Hall–Kier alpha value is -0.900. The van der Waals surface area contributed by atoms with Gasteiger partial charge in [0.2, 0.25) is 11.8 Å². The molecule has 2 N–H and O–H groups in total. The molecule has 2 fully saturated rings. The van der Waals surface area contributed by atoms with E-state index in [4.69, 9.17) is 0 Å². The molecule has 60 valence electrons. The second kappa shape index (κ2) is 2.04. The fourth-order valence-corrected chi connectivity index (χ4v) is 1.78. The minimum Gasteiger partial charge on any atom is -0.316 e. The summed E-state index contributed by atoms with van der Waals surface area (Å²) >= 11 is 0. The van der Waals surface area contributed by atoms with Crippen LogP contribution < -0.4 is 10.6 Å². The Morgan fingerprint density at radius 2 is 2.18 bits per heavy atom. The Balaban J connectivity index is 2.24. The number of imide groups is 1. The maximum Gasteiger partial charge on any atom is 0.234 e. The van der Waals surface area contributed by atoms with Crippen molar-refractivity contribution in [2.24, 2.45) is 5.41 Å². The van der Waals surface area contributed by atoms with E-state index in [2.05, 4.69) is 10.6 Å². The molecular formula is C7H10N2O2. The summed E-state index contributed by atoms with van der Waals surface area (Å²) in [6.07, 6.45) is 1.17. The lowest BCUT2D eigenvalue weighted by Crippen LogP contribution is -2.33. The third-order valence-corrected chi connectivity index (χ3v) is 2.48. The first kappa shape index (κ1) is 6.79. The van der Waals surface area contributed by atoms with Crippen molar-refractivity contribution in [3.63, 3.8) is 0 Å². The average Bonchev–Trinajstić information content (AvgIpc) is 2.45. The van der Waals surface area contributed by atoms with E-state index in [0.29, 0.717) is 13.0 Å². The minimum absolute atomic E-state index is 0.0903. The van der Waals surface area contributed by atoms with Gasteiger partial charge in [-0.05, 0) is 13.0 Å². The van der Waals surface area contributed by atoms with Gasteiger partial charge in [0.15, 0.2) is 0 Å². The van der Waals surface area contributed by atoms with E-state index in [1.54, 1.807) is 0 Å². The van der Waals surface area contributed by atoms with E-state index in [0.717, 1.165) is 13.0 Å². The quantitative estimate of drug-likeness (QED) is 0.440. The van der Waals surface area contributed by atoms with Crippen molar-refractivity contribution in [3.05, 3.63) is 0 Å². The van der Waals surface area contributed by atoms with Crippen molar-refractivity contribution in [2.75, 3.05) is 13.1 Å². The average molecular weight is 154 g/mol. The zero-order valence-electron chi connectivity index (χ0n) is 6.14. The van der Waals surface area contributed by atoms with Crippen LogP contribution in [0.1, 0.15) is 12.8 Å². The van der Waals surface area contributed by atoms with Crippen molar-refractivity contribution < 1.29 is 9.59 Å². The largest absolute Gasteiger partial charge is 0.316 e. The zero-order chi connectivity index (χ0) is 7.90. The van der Waals surface area contributed by atoms with Crippen LogP contribution in [0, 0.1) is 5.41 Å². The first-order chi connectivity index (χ1) is 5.23. The second-order valence-corrected chi connectivity index (χ2v) is 3.26. The first-order valence-electron chi connectivity index (χ1n) is 3.78. The number of hydrogen-bond donors (Lipinski definition) is 2. The Bertz CT molecular complexity index is 218. The predicted molar refractivity (Wildman–Crippen MR) is 37.7 cm³/mol. The van der Waals surface area contributed by atoms with Gasteiger partial charge in [-0.15, -0.1) is 0 Å². The third kappa shape index (κ3) is 0.860. The molecule has 0 aromatic rings. The van der Waals surface area contributed by atoms with Gasteiger partial charge >= 0.3 is 0 Å². The smallest absolute Gasteiger partial charge is 0.234 e. The molecule has 1 atom stereocenters. The normalized spacial score (nSPS) is 36.7. The maximum atomic E-state index is 11.2. The van der Waals surface area contributed by atoms with Crippen molar-refractivity contribution in [1.29, 1.82) is 0 Å². The van der Waals surface area contributed by atoms with Crippen LogP contribution in [0.5, 0.6) is 0 Å². The molecule has 0 unspecified atom stereocenters. The fraction of sp³-hybridized carbons (Fsp3) is 0.714. The van der Waals surface area contributed by atoms with E-state index in [1.165, 1.54) is 0 Å². The van der Waals surface area contributed by atoms with Crippen LogP contribution >= 0.6 is 0 Å². The molecule has 2 heterocycles. The molecule has 4 nitrogen and oxygen atoms in total. The Labute approximate surface area is 64.3 Å². The summed E-state index contributed by atoms with van der Waals surface area (Å²) in [4.78, 5) is 22.1. The highest BCUT2D eigenvalue weighted by atomic mass is 16.2. The number of hydrogen-bond acceptors (Lipinski definition) is 3. The van der Waals surface area contributed by atoms with Gasteiger partial charge in [0.25, 0.3) is 0 Å². The van der Waals surface area contributed by atoms with Crippen LogP contribution in [0.2, 0.25) is 0 Å². The molecule has 4 heteroatoms. The van der Waals surface area contributed by atoms with Crippen molar-refractivity contribution in [2.45, 2.75) is 12.8 Å². The minimum atomic E-state index is -0.392. The summed E-state index contributed by atoms with van der Waals surface area (Å²) in [5, 5.41) is 5.42. The highest BCUT2D eigenvalue weighted by Crippen LogP contribution is 2.33. The molecule has 0 saturated carbocycles. The van der Waals surface area contributed by atoms with Crippen LogP contribution in [0.25, 0.3) is 0 Å². The molecule has 0 aliphatic carbocycles. The van der Waals surface area contributed by atoms with Crippen LogP contribution in [0.4, 0.5) is 0 Å². The zero-order valence-corrected chi connectivity index (χ0v) is 6.14. The third-order valence-electron chi connectivity index (χ3n) is 2.48. The first-order valence-corrected chi connectivity index (χ1v) is 3.78. The second-order valence-electron chi connectivity index (χ2n) is 3.26. The lowest BCUT2D eigenvalue weighted by atomic mass is 9.86. The lowest BCUT2D eigenvalue weighted by Gasteiger charge is -2.14. The van der Waals surface area contributed by atoms with Crippen LogP contribution in [0.3, 0.4) is 0 Å². The summed E-state index contributed by atoms with van der Waals surface area (Å²) in [5.74, 6) is -0.216. The summed E-state index contributed by atoms with van der Waals surface area (Å²) in [6, 6.07) is 0. The molecule has 2 aliphatic rings. The van der Waals surface area contributed by atoms with Crippen LogP contribution in [0.15, 0.2) is 0 Å². The molecule has 1 spiro atoms. The molecule has 0 bridgehead atoms. The van der Waals surface area contributed by atoms with Gasteiger partial charge in [-0.25, -0.2) is 0 Å². The molecule has 0 aromatic heterocycles. The molecule has 11 heavy (non-hydrogen) atoms. The van der Waals surface area contributed by atoms with Gasteiger partial charge in [-0.3, -0.25) is 14.9 Å². The van der Waals surface area contributed by atoms with E-state index < -0.39 is 5.41 Å². The van der Waals surface area contributed by atoms with Crippen molar-refractivity contribution in [1.82, 2.24) is 10.6 Å². The topological polar surface area (TPSA) is 58.2 Å². The SMILES string of the molecule is O=C1C[C@@]2(CCNC2)C(=O)N1. The van der Waals surface area contributed by atoms with Gasteiger partial charge in [-0.1, -0.05) is 0 Å². The maximum absolute atomic E-state index is 11.2. The number of nitrogens with one attached hydrogen (secondary N) is 2. The molecule has 2 rings (SSSR count). The van der Waals surface area contributed by atoms with Gasteiger partial charge in [0.1, 0.15) is 0 Å². The van der Waals surface area contributed by atoms with E-state index >= 15 is 0 Å². The monoisotopic (exact) mass is 154 g/mol. The molecule has 2 amide bonds. The van der Waals surface area contributed by atoms with Gasteiger partial charge in [-0.2, -0.15) is 0 Å². The summed E-state index contributed by atoms with van der Waals surface area (Å²) in [6.45, 7) is 1.51. The van der Waals surface area contributed by atoms with Crippen molar-refractivity contribution in [3.8, 4) is 0 Å². The molecule has 2 aliphatic heterocycles. The summed E-state index contributed by atoms with van der Waals surface area (Å²) in [5.41, 5.74) is -0.392. The van der Waals surface area contributed by atoms with E-state index in [-0.39, 0.29) is 11.8 Å². The Morgan fingerprint density at radius 1 is 1.36 bits per heavy atom. The molecule has 0 aromatic carbocycles. The number of carbonyl (C=O) groups excluding carboxylic acids is 2. The molecule has 2 saturated heterocycles. The number of amides is 2. The van der Waals surface area contributed by atoms with Gasteiger partial charge < -0.3 is 5.32 Å². The highest BCUT2D eigenvalue weighted by molar-refractivity contribution is 6.06. The standard InChI is InChI=1S/C7H10N2O2/c10-5-3-7(6(11)9-5)1-2-8-4-7/h8H,1-4H2,(H,9,10,11)/t7-/m1/s1.